The first-order valence-electron chi connectivity index (χ1n) is 5.10. The first-order chi connectivity index (χ1) is 6.68. The van der Waals surface area contributed by atoms with Crippen LogP contribution in [0, 0.1) is 0 Å². The molecule has 2 nitrogen and oxygen atoms in total. The molecule has 0 radical (unpaired) electrons. The van der Waals surface area contributed by atoms with Crippen molar-refractivity contribution in [2.45, 2.75) is 25.6 Å². The van der Waals surface area contributed by atoms with Crippen LogP contribution in [-0.4, -0.2) is 28.9 Å². The van der Waals surface area contributed by atoms with Crippen molar-refractivity contribution < 1.29 is 0 Å². The molecule has 0 amide bonds. The van der Waals surface area contributed by atoms with Crippen LogP contribution < -0.4 is 0 Å². The molecular weight excluding hydrogens is 172 g/mol. The Kier molecular flexibility index (Phi) is 1.43. The van der Waals surface area contributed by atoms with Crippen molar-refractivity contribution in [1.82, 2.24) is 4.90 Å². The third-order valence-electron chi connectivity index (χ3n) is 3.09. The van der Waals surface area contributed by atoms with Crippen molar-refractivity contribution in [3.8, 4) is 0 Å². The summed E-state index contributed by atoms with van der Waals surface area (Å²) in [7, 11) is 0. The average Bonchev–Trinajstić information content (AvgIpc) is 2.91. The lowest BCUT2D eigenvalue weighted by molar-refractivity contribution is 0.304. The molecule has 14 heavy (non-hydrogen) atoms. The number of aliphatic imine (C=N–C) groups is 1. The summed E-state index contributed by atoms with van der Waals surface area (Å²) in [6.07, 6.45) is 0. The standard InChI is InChI=1S/C12H14N2/c1-12(2)13-11(10-8-14(10)12)9-6-4-3-5-7-9/h3-7,10H,8H2,1-2H3. The van der Waals surface area contributed by atoms with Gasteiger partial charge >= 0.3 is 0 Å². The summed E-state index contributed by atoms with van der Waals surface area (Å²) >= 11 is 0. The fraction of sp³-hybridized carbons (Fsp3) is 0.417. The van der Waals surface area contributed by atoms with Crippen LogP contribution in [0.1, 0.15) is 19.4 Å². The molecule has 0 saturated carbocycles. The summed E-state index contributed by atoms with van der Waals surface area (Å²) in [5.41, 5.74) is 2.58. The minimum absolute atomic E-state index is 0.0237. The van der Waals surface area contributed by atoms with Gasteiger partial charge in [0.25, 0.3) is 0 Å². The highest BCUT2D eigenvalue weighted by atomic mass is 15.5. The zero-order valence-corrected chi connectivity index (χ0v) is 8.57. The van der Waals surface area contributed by atoms with Crippen molar-refractivity contribution in [3.05, 3.63) is 35.9 Å². The predicted molar refractivity (Wildman–Crippen MR) is 57.6 cm³/mol. The van der Waals surface area contributed by atoms with Gasteiger partial charge in [-0.15, -0.1) is 0 Å². The molecule has 2 aliphatic rings. The minimum Gasteiger partial charge on any atom is -0.268 e. The maximum atomic E-state index is 4.76. The van der Waals surface area contributed by atoms with Crippen molar-refractivity contribution in [2.24, 2.45) is 4.99 Å². The highest BCUT2D eigenvalue weighted by Gasteiger charge is 2.52. The lowest BCUT2D eigenvalue weighted by atomic mass is 10.1. The Balaban J connectivity index is 2.02. The van der Waals surface area contributed by atoms with Gasteiger partial charge in [-0.1, -0.05) is 30.3 Å². The van der Waals surface area contributed by atoms with E-state index in [-0.39, 0.29) is 5.66 Å². The molecule has 2 aliphatic heterocycles. The Hall–Kier alpha value is -1.15. The van der Waals surface area contributed by atoms with Crippen LogP contribution in [0.15, 0.2) is 35.3 Å². The topological polar surface area (TPSA) is 15.4 Å². The quantitative estimate of drug-likeness (QED) is 0.612. The van der Waals surface area contributed by atoms with Crippen LogP contribution in [0.5, 0.6) is 0 Å². The van der Waals surface area contributed by atoms with Gasteiger partial charge in [0.2, 0.25) is 0 Å². The highest BCUT2D eigenvalue weighted by molar-refractivity contribution is 6.07. The van der Waals surface area contributed by atoms with Crippen LogP contribution in [0.25, 0.3) is 0 Å². The molecule has 2 heteroatoms. The van der Waals surface area contributed by atoms with Crippen molar-refractivity contribution >= 4 is 5.71 Å². The fourth-order valence-corrected chi connectivity index (χ4v) is 2.28. The first-order valence-corrected chi connectivity index (χ1v) is 5.10. The van der Waals surface area contributed by atoms with E-state index in [2.05, 4.69) is 49.1 Å². The maximum Gasteiger partial charge on any atom is 0.108 e. The Morgan fingerprint density at radius 3 is 2.50 bits per heavy atom. The molecule has 2 unspecified atom stereocenters. The molecule has 1 aromatic carbocycles. The number of rotatable bonds is 1. The summed E-state index contributed by atoms with van der Waals surface area (Å²) in [5.74, 6) is 0. The maximum absolute atomic E-state index is 4.76. The smallest absolute Gasteiger partial charge is 0.108 e. The van der Waals surface area contributed by atoms with Gasteiger partial charge in [0.1, 0.15) is 5.66 Å². The summed E-state index contributed by atoms with van der Waals surface area (Å²) in [6, 6.07) is 11.1. The van der Waals surface area contributed by atoms with E-state index in [1.807, 2.05) is 0 Å². The summed E-state index contributed by atoms with van der Waals surface area (Å²) in [5, 5.41) is 0. The summed E-state index contributed by atoms with van der Waals surface area (Å²) in [6.45, 7) is 5.55. The second kappa shape index (κ2) is 2.45. The summed E-state index contributed by atoms with van der Waals surface area (Å²) in [4.78, 5) is 7.19. The molecular formula is C12H14N2. The average molecular weight is 186 g/mol. The van der Waals surface area contributed by atoms with E-state index in [0.717, 1.165) is 0 Å². The molecule has 72 valence electrons. The Bertz CT molecular complexity index is 392. The Labute approximate surface area is 84.3 Å². The van der Waals surface area contributed by atoms with Crippen LogP contribution in [0.3, 0.4) is 0 Å². The van der Waals surface area contributed by atoms with Crippen molar-refractivity contribution in [2.75, 3.05) is 6.54 Å². The molecule has 0 aromatic heterocycles. The molecule has 1 saturated heterocycles. The van der Waals surface area contributed by atoms with E-state index in [4.69, 9.17) is 4.99 Å². The lowest BCUT2D eigenvalue weighted by Crippen LogP contribution is -2.24. The van der Waals surface area contributed by atoms with Gasteiger partial charge in [-0.05, 0) is 19.4 Å². The second-order valence-electron chi connectivity index (χ2n) is 4.53. The second-order valence-corrected chi connectivity index (χ2v) is 4.53. The highest BCUT2D eigenvalue weighted by Crippen LogP contribution is 2.39. The zero-order valence-electron chi connectivity index (χ0n) is 8.57. The van der Waals surface area contributed by atoms with Gasteiger partial charge in [-0.2, -0.15) is 0 Å². The normalized spacial score (nSPS) is 32.3. The van der Waals surface area contributed by atoms with E-state index in [1.165, 1.54) is 17.8 Å². The van der Waals surface area contributed by atoms with Crippen molar-refractivity contribution in [3.63, 3.8) is 0 Å². The van der Waals surface area contributed by atoms with Gasteiger partial charge in [0.05, 0.1) is 11.8 Å². The fourth-order valence-electron chi connectivity index (χ4n) is 2.28. The third kappa shape index (κ3) is 1.04. The molecule has 3 rings (SSSR count). The molecule has 0 aliphatic carbocycles. The van der Waals surface area contributed by atoms with Gasteiger partial charge in [-0.25, -0.2) is 0 Å². The van der Waals surface area contributed by atoms with E-state index < -0.39 is 0 Å². The van der Waals surface area contributed by atoms with E-state index in [0.29, 0.717) is 6.04 Å². The zero-order chi connectivity index (χ0) is 9.76. The Morgan fingerprint density at radius 1 is 1.29 bits per heavy atom. The van der Waals surface area contributed by atoms with E-state index in [1.54, 1.807) is 0 Å². The predicted octanol–water partition coefficient (Wildman–Crippen LogP) is 1.91. The monoisotopic (exact) mass is 186 g/mol. The van der Waals surface area contributed by atoms with Crippen LogP contribution in [0.4, 0.5) is 0 Å². The molecule has 2 heterocycles. The van der Waals surface area contributed by atoms with E-state index in [9.17, 15) is 0 Å². The SMILES string of the molecule is CC1(C)N=C(c2ccccc2)C2CN21. The van der Waals surface area contributed by atoms with Gasteiger partial charge in [0, 0.05) is 6.54 Å². The molecule has 1 fully saturated rings. The van der Waals surface area contributed by atoms with E-state index >= 15 is 0 Å². The Morgan fingerprint density at radius 2 is 2.00 bits per heavy atom. The van der Waals surface area contributed by atoms with Gasteiger partial charge in [0.15, 0.2) is 0 Å². The molecule has 0 bridgehead atoms. The summed E-state index contributed by atoms with van der Waals surface area (Å²) < 4.78 is 0. The molecule has 0 spiro atoms. The molecule has 0 N–H and O–H groups in total. The largest absolute Gasteiger partial charge is 0.268 e. The third-order valence-corrected chi connectivity index (χ3v) is 3.09. The molecule has 2 atom stereocenters. The van der Waals surface area contributed by atoms with Crippen LogP contribution in [0.2, 0.25) is 0 Å². The van der Waals surface area contributed by atoms with Crippen LogP contribution in [-0.2, 0) is 0 Å². The number of hydrogen-bond acceptors (Lipinski definition) is 2. The number of hydrogen-bond donors (Lipinski definition) is 0. The van der Waals surface area contributed by atoms with Crippen molar-refractivity contribution in [1.29, 1.82) is 0 Å². The molecule has 1 aromatic rings. The lowest BCUT2D eigenvalue weighted by Gasteiger charge is -2.16. The minimum atomic E-state index is 0.0237. The first kappa shape index (κ1) is 8.18. The van der Waals surface area contributed by atoms with Gasteiger partial charge < -0.3 is 0 Å². The van der Waals surface area contributed by atoms with Gasteiger partial charge in [-0.3, -0.25) is 9.89 Å². The number of fused-ring (bicyclic) bond motifs is 1. The van der Waals surface area contributed by atoms with Crippen LogP contribution >= 0.6 is 0 Å². The number of benzene rings is 1. The number of nitrogens with zero attached hydrogens (tertiary/aromatic N) is 2.